The van der Waals surface area contributed by atoms with Crippen molar-refractivity contribution in [2.45, 2.75) is 0 Å². The van der Waals surface area contributed by atoms with E-state index < -0.39 is 5.75 Å². The molecule has 0 aliphatic heterocycles. The molecule has 1 aromatic carbocycles. The minimum Gasteiger partial charge on any atom is -0.504 e. The fourth-order valence-electron chi connectivity index (χ4n) is 1.94. The van der Waals surface area contributed by atoms with E-state index in [1.165, 1.54) is 12.1 Å². The maximum Gasteiger partial charge on any atom is 0.200 e. The highest BCUT2D eigenvalue weighted by molar-refractivity contribution is 7.08. The van der Waals surface area contributed by atoms with E-state index in [9.17, 15) is 15.3 Å². The van der Waals surface area contributed by atoms with Crippen molar-refractivity contribution >= 4 is 39.7 Å². The van der Waals surface area contributed by atoms with Crippen LogP contribution < -0.4 is 4.90 Å². The van der Waals surface area contributed by atoms with Gasteiger partial charge >= 0.3 is 0 Å². The summed E-state index contributed by atoms with van der Waals surface area (Å²) in [5.74, 6) is -1.21. The first-order chi connectivity index (χ1) is 9.66. The summed E-state index contributed by atoms with van der Waals surface area (Å²) in [6.45, 7) is 0. The van der Waals surface area contributed by atoms with Crippen LogP contribution in [0.15, 0.2) is 45.8 Å². The molecule has 0 bridgehead atoms. The molecule has 3 aromatic rings. The molecule has 0 radical (unpaired) electrons. The van der Waals surface area contributed by atoms with Gasteiger partial charge in [0.2, 0.25) is 0 Å². The van der Waals surface area contributed by atoms with Crippen molar-refractivity contribution < 1.29 is 15.3 Å². The average Bonchev–Trinajstić information content (AvgIpc) is 3.09. The van der Waals surface area contributed by atoms with Crippen LogP contribution in [0.2, 0.25) is 0 Å². The smallest absolute Gasteiger partial charge is 0.200 e. The van der Waals surface area contributed by atoms with Crippen LogP contribution in [0.3, 0.4) is 0 Å². The number of phenols is 3. The number of hydrogen-bond acceptors (Lipinski definition) is 6. The third-order valence-corrected chi connectivity index (χ3v) is 4.18. The van der Waals surface area contributed by atoms with Crippen LogP contribution in [-0.2, 0) is 0 Å². The molecular formula is C14H11NO3S2. The Labute approximate surface area is 123 Å². The van der Waals surface area contributed by atoms with Crippen molar-refractivity contribution in [1.82, 2.24) is 0 Å². The molecule has 4 nitrogen and oxygen atoms in total. The lowest BCUT2D eigenvalue weighted by molar-refractivity contribution is 0.368. The minimum absolute atomic E-state index is 0.351. The number of rotatable bonds is 3. The second kappa shape index (κ2) is 5.07. The van der Waals surface area contributed by atoms with Gasteiger partial charge in [0.25, 0.3) is 0 Å². The van der Waals surface area contributed by atoms with Gasteiger partial charge < -0.3 is 20.2 Å². The lowest BCUT2D eigenvalue weighted by Crippen LogP contribution is -2.07. The normalized spacial score (nSPS) is 10.6. The molecule has 3 N–H and O–H groups in total. The zero-order valence-electron chi connectivity index (χ0n) is 10.2. The summed E-state index contributed by atoms with van der Waals surface area (Å²) >= 11 is 3.12. The van der Waals surface area contributed by atoms with Gasteiger partial charge in [-0.3, -0.25) is 0 Å². The molecular weight excluding hydrogens is 294 g/mol. The second-order valence-electron chi connectivity index (χ2n) is 4.13. The van der Waals surface area contributed by atoms with Crippen LogP contribution in [0.4, 0.5) is 17.1 Å². The van der Waals surface area contributed by atoms with Gasteiger partial charge in [0.1, 0.15) is 0 Å². The Morgan fingerprint density at radius 1 is 0.750 bits per heavy atom. The third-order valence-electron chi connectivity index (χ3n) is 2.84. The molecule has 20 heavy (non-hydrogen) atoms. The number of hydrogen-bond donors (Lipinski definition) is 3. The predicted octanol–water partition coefficient (Wildman–Crippen LogP) is 4.40. The lowest BCUT2D eigenvalue weighted by atomic mass is 10.2. The Balaban J connectivity index is 2.16. The number of anilines is 3. The zero-order valence-corrected chi connectivity index (χ0v) is 11.9. The molecule has 0 atom stereocenters. The van der Waals surface area contributed by atoms with E-state index in [4.69, 9.17) is 0 Å². The van der Waals surface area contributed by atoms with E-state index in [-0.39, 0.29) is 11.5 Å². The molecule has 6 heteroatoms. The molecule has 0 aliphatic carbocycles. The Morgan fingerprint density at radius 2 is 1.25 bits per heavy atom. The molecule has 0 saturated carbocycles. The molecule has 0 fully saturated rings. The van der Waals surface area contributed by atoms with E-state index >= 15 is 0 Å². The van der Waals surface area contributed by atoms with Gasteiger partial charge in [-0.2, -0.15) is 22.7 Å². The summed E-state index contributed by atoms with van der Waals surface area (Å²) < 4.78 is 0. The number of benzene rings is 1. The van der Waals surface area contributed by atoms with Gasteiger partial charge in [-0.05, 0) is 22.9 Å². The maximum atomic E-state index is 9.69. The van der Waals surface area contributed by atoms with Gasteiger partial charge in [0.05, 0.1) is 17.1 Å². The minimum atomic E-state index is -0.510. The highest BCUT2D eigenvalue weighted by Gasteiger charge is 2.17. The predicted molar refractivity (Wildman–Crippen MR) is 81.9 cm³/mol. The standard InChI is InChI=1S/C14H11NO3S2/c16-12-5-11(6-13(17)14(12)18)15(9-1-3-19-7-9)10-2-4-20-8-10/h1-8,16-18H. The molecule has 0 aliphatic rings. The van der Waals surface area contributed by atoms with Crippen LogP contribution in [0.5, 0.6) is 17.2 Å². The first kappa shape index (κ1) is 12.8. The van der Waals surface area contributed by atoms with Gasteiger partial charge in [0, 0.05) is 22.9 Å². The first-order valence-electron chi connectivity index (χ1n) is 5.76. The molecule has 0 saturated heterocycles. The van der Waals surface area contributed by atoms with Gasteiger partial charge in [-0.15, -0.1) is 0 Å². The summed E-state index contributed by atoms with van der Waals surface area (Å²) in [6.07, 6.45) is 0. The lowest BCUT2D eigenvalue weighted by Gasteiger charge is -2.23. The van der Waals surface area contributed by atoms with Crippen molar-refractivity contribution in [2.24, 2.45) is 0 Å². The Morgan fingerprint density at radius 3 is 1.65 bits per heavy atom. The SMILES string of the molecule is Oc1cc(N(c2ccsc2)c2ccsc2)cc(O)c1O. The van der Waals surface area contributed by atoms with E-state index in [2.05, 4.69) is 0 Å². The molecule has 0 amide bonds. The van der Waals surface area contributed by atoms with Gasteiger partial charge in [-0.25, -0.2) is 0 Å². The third kappa shape index (κ3) is 2.19. The second-order valence-corrected chi connectivity index (χ2v) is 5.69. The largest absolute Gasteiger partial charge is 0.504 e. The van der Waals surface area contributed by atoms with Crippen LogP contribution in [0, 0.1) is 0 Å². The van der Waals surface area contributed by atoms with Crippen molar-refractivity contribution in [3.8, 4) is 17.2 Å². The van der Waals surface area contributed by atoms with Crippen LogP contribution in [-0.4, -0.2) is 15.3 Å². The van der Waals surface area contributed by atoms with E-state index in [1.807, 2.05) is 38.6 Å². The number of aromatic hydroxyl groups is 3. The van der Waals surface area contributed by atoms with Crippen LogP contribution in [0.1, 0.15) is 0 Å². The van der Waals surface area contributed by atoms with Crippen molar-refractivity contribution in [2.75, 3.05) is 4.90 Å². The molecule has 102 valence electrons. The van der Waals surface area contributed by atoms with E-state index in [0.29, 0.717) is 5.69 Å². The van der Waals surface area contributed by atoms with Crippen molar-refractivity contribution in [3.63, 3.8) is 0 Å². The van der Waals surface area contributed by atoms with Gasteiger partial charge in [0.15, 0.2) is 17.2 Å². The highest BCUT2D eigenvalue weighted by atomic mass is 32.1. The Kier molecular flexibility index (Phi) is 3.25. The molecule has 0 spiro atoms. The fourth-order valence-corrected chi connectivity index (χ4v) is 3.18. The average molecular weight is 305 g/mol. The van der Waals surface area contributed by atoms with E-state index in [1.54, 1.807) is 22.7 Å². The summed E-state index contributed by atoms with van der Waals surface area (Å²) in [7, 11) is 0. The number of nitrogens with zero attached hydrogens (tertiary/aromatic N) is 1. The monoisotopic (exact) mass is 305 g/mol. The maximum absolute atomic E-state index is 9.69. The van der Waals surface area contributed by atoms with Crippen LogP contribution in [0.25, 0.3) is 0 Å². The highest BCUT2D eigenvalue weighted by Crippen LogP contribution is 2.44. The summed E-state index contributed by atoms with van der Waals surface area (Å²) in [5.41, 5.74) is 2.44. The Bertz CT molecular complexity index is 651. The topological polar surface area (TPSA) is 63.9 Å². The van der Waals surface area contributed by atoms with Crippen molar-refractivity contribution in [3.05, 3.63) is 45.8 Å². The number of thiophene rings is 2. The molecule has 2 aromatic heterocycles. The summed E-state index contributed by atoms with van der Waals surface area (Å²) in [4.78, 5) is 1.89. The number of phenolic OH excluding ortho intramolecular Hbond substituents is 3. The molecule has 2 heterocycles. The first-order valence-corrected chi connectivity index (χ1v) is 7.65. The van der Waals surface area contributed by atoms with Crippen molar-refractivity contribution in [1.29, 1.82) is 0 Å². The quantitative estimate of drug-likeness (QED) is 0.628. The van der Waals surface area contributed by atoms with Crippen LogP contribution >= 0.6 is 22.7 Å². The summed E-state index contributed by atoms with van der Waals surface area (Å²) in [5, 5.41) is 36.7. The van der Waals surface area contributed by atoms with E-state index in [0.717, 1.165) is 11.4 Å². The summed E-state index contributed by atoms with van der Waals surface area (Å²) in [6, 6.07) is 6.74. The van der Waals surface area contributed by atoms with Gasteiger partial charge in [-0.1, -0.05) is 0 Å². The Hall–Kier alpha value is -2.18. The zero-order chi connectivity index (χ0) is 14.1. The molecule has 3 rings (SSSR count). The molecule has 0 unspecified atom stereocenters. The fraction of sp³-hybridized carbons (Fsp3) is 0.